The minimum atomic E-state index is -0.765. The molecule has 1 saturated heterocycles. The van der Waals surface area contributed by atoms with Crippen LogP contribution in [-0.2, 0) is 38.8 Å². The van der Waals surface area contributed by atoms with Gasteiger partial charge >= 0.3 is 29.6 Å². The fraction of sp³-hybridized carbons (Fsp3) is 0.273. The maximum absolute atomic E-state index is 13.6. The van der Waals surface area contributed by atoms with Gasteiger partial charge in [-0.2, -0.15) is 0 Å². The first-order chi connectivity index (χ1) is 19.7. The van der Waals surface area contributed by atoms with Crippen LogP contribution in [0.3, 0.4) is 0 Å². The Morgan fingerprint density at radius 2 is 1.05 bits per heavy atom. The zero-order valence-electron chi connectivity index (χ0n) is 23.0. The summed E-state index contributed by atoms with van der Waals surface area (Å²) in [7, 11) is 0. The van der Waals surface area contributed by atoms with Gasteiger partial charge in [0.25, 0.3) is 0 Å². The minimum Gasteiger partial charge on any atom is -0.853 e. The Kier molecular flexibility index (Phi) is 12.9. The van der Waals surface area contributed by atoms with E-state index in [0.717, 1.165) is 21.6 Å². The molecule has 0 aromatic heterocycles. The SMILES string of the molecule is [Na+].[O-]C[C@H]1O[C@@H](Sc2ccc(F)cc2)[C@H](OCc2ccccc2)[C@@H](OCc2ccccc2)[C@@H]1OCc1ccccc1. The quantitative estimate of drug-likeness (QED) is 0.240. The third kappa shape index (κ3) is 9.22. The van der Waals surface area contributed by atoms with Crippen LogP contribution in [0, 0.1) is 5.82 Å². The smallest absolute Gasteiger partial charge is 0.853 e. The molecule has 5 rings (SSSR count). The molecule has 1 aliphatic rings. The molecule has 5 atom stereocenters. The number of hydrogen-bond acceptors (Lipinski definition) is 6. The molecule has 41 heavy (non-hydrogen) atoms. The summed E-state index contributed by atoms with van der Waals surface area (Å²) in [6.45, 7) is 0.448. The number of halogens is 1. The first kappa shape index (κ1) is 31.9. The van der Waals surface area contributed by atoms with Crippen LogP contribution in [0.2, 0.25) is 0 Å². The molecule has 208 valence electrons. The average Bonchev–Trinajstić information content (AvgIpc) is 3.01. The molecule has 0 N–H and O–H groups in total. The van der Waals surface area contributed by atoms with Crippen LogP contribution < -0.4 is 34.7 Å². The van der Waals surface area contributed by atoms with Gasteiger partial charge in [-0.05, 0) is 41.0 Å². The van der Waals surface area contributed by atoms with Crippen LogP contribution in [-0.4, -0.2) is 36.5 Å². The molecule has 1 aliphatic heterocycles. The molecular weight excluding hydrogens is 550 g/mol. The molecule has 0 spiro atoms. The molecule has 0 saturated carbocycles. The standard InChI is InChI=1S/C33H32FO5S.Na/c34-27-16-18-28(19-17-27)40-33-32(38-23-26-14-8-3-9-15-26)31(37-22-25-12-6-2-7-13-25)30(29(20-35)39-33)36-21-24-10-4-1-5-11-24;/h1-19,29-33H,20-23H2;/q-1;+1/t29-,30-,31+,32-,33+;/m1./s1. The minimum absolute atomic E-state index is 0. The van der Waals surface area contributed by atoms with E-state index in [0.29, 0.717) is 19.8 Å². The van der Waals surface area contributed by atoms with Crippen molar-refractivity contribution in [2.75, 3.05) is 6.61 Å². The second-order valence-corrected chi connectivity index (χ2v) is 10.7. The zero-order chi connectivity index (χ0) is 27.6. The second kappa shape index (κ2) is 16.6. The van der Waals surface area contributed by atoms with Gasteiger partial charge in [-0.1, -0.05) is 103 Å². The van der Waals surface area contributed by atoms with Gasteiger partial charge in [0.15, 0.2) is 0 Å². The van der Waals surface area contributed by atoms with Crippen molar-refractivity contribution in [3.05, 3.63) is 138 Å². The van der Waals surface area contributed by atoms with Crippen molar-refractivity contribution < 1.29 is 58.0 Å². The van der Waals surface area contributed by atoms with Gasteiger partial charge in [-0.15, -0.1) is 6.61 Å². The normalized spacial score (nSPS) is 22.1. The number of benzene rings is 4. The molecule has 0 unspecified atom stereocenters. The van der Waals surface area contributed by atoms with E-state index in [-0.39, 0.29) is 35.4 Å². The summed E-state index contributed by atoms with van der Waals surface area (Å²) < 4.78 is 39.5. The predicted octanol–water partition coefficient (Wildman–Crippen LogP) is 2.76. The zero-order valence-corrected chi connectivity index (χ0v) is 25.8. The van der Waals surface area contributed by atoms with Gasteiger partial charge < -0.3 is 24.1 Å². The predicted molar refractivity (Wildman–Crippen MR) is 151 cm³/mol. The molecule has 0 bridgehead atoms. The van der Waals surface area contributed by atoms with Crippen LogP contribution in [0.15, 0.2) is 120 Å². The maximum Gasteiger partial charge on any atom is 1.00 e. The monoisotopic (exact) mass is 582 g/mol. The first-order valence-corrected chi connectivity index (χ1v) is 14.2. The van der Waals surface area contributed by atoms with Gasteiger partial charge in [-0.3, -0.25) is 0 Å². The maximum atomic E-state index is 13.6. The molecule has 5 nitrogen and oxygen atoms in total. The van der Waals surface area contributed by atoms with Gasteiger partial charge in [-0.25, -0.2) is 4.39 Å². The van der Waals surface area contributed by atoms with Crippen LogP contribution in [0.1, 0.15) is 16.7 Å². The molecule has 0 radical (unpaired) electrons. The largest absolute Gasteiger partial charge is 1.00 e. The summed E-state index contributed by atoms with van der Waals surface area (Å²) in [4.78, 5) is 0.801. The Bertz CT molecular complexity index is 1280. The van der Waals surface area contributed by atoms with E-state index >= 15 is 0 Å². The molecule has 1 heterocycles. The summed E-state index contributed by atoms with van der Waals surface area (Å²) in [6.07, 6.45) is -2.60. The Morgan fingerprint density at radius 1 is 0.610 bits per heavy atom. The summed E-state index contributed by atoms with van der Waals surface area (Å²) in [6, 6.07) is 35.8. The van der Waals surface area contributed by atoms with Gasteiger partial charge in [0.1, 0.15) is 29.6 Å². The van der Waals surface area contributed by atoms with E-state index in [1.807, 2.05) is 91.0 Å². The third-order valence-electron chi connectivity index (χ3n) is 6.68. The van der Waals surface area contributed by atoms with Crippen molar-refractivity contribution in [3.8, 4) is 0 Å². The van der Waals surface area contributed by atoms with E-state index in [9.17, 15) is 9.50 Å². The van der Waals surface area contributed by atoms with Crippen molar-refractivity contribution in [2.45, 2.75) is 54.6 Å². The third-order valence-corrected chi connectivity index (χ3v) is 7.83. The number of ether oxygens (including phenoxy) is 4. The van der Waals surface area contributed by atoms with E-state index < -0.39 is 36.5 Å². The molecule has 1 fully saturated rings. The fourth-order valence-electron chi connectivity index (χ4n) is 4.62. The van der Waals surface area contributed by atoms with Crippen molar-refractivity contribution in [1.82, 2.24) is 0 Å². The van der Waals surface area contributed by atoms with Crippen LogP contribution in [0.5, 0.6) is 0 Å². The fourth-order valence-corrected chi connectivity index (χ4v) is 5.75. The number of hydrogen-bond donors (Lipinski definition) is 0. The Labute approximate surface area is 267 Å². The summed E-state index contributed by atoms with van der Waals surface area (Å²) in [5.41, 5.74) is 2.41. The van der Waals surface area contributed by atoms with Gasteiger partial charge in [0.2, 0.25) is 0 Å². The molecule has 0 aliphatic carbocycles. The van der Waals surface area contributed by atoms with E-state index in [1.54, 1.807) is 12.1 Å². The summed E-state index contributed by atoms with van der Waals surface area (Å²) in [5.74, 6) is -0.318. The molecule has 4 aromatic carbocycles. The molecule has 8 heteroatoms. The molecular formula is C33H32FNaO5S. The van der Waals surface area contributed by atoms with Gasteiger partial charge in [0, 0.05) is 4.90 Å². The van der Waals surface area contributed by atoms with Crippen molar-refractivity contribution in [1.29, 1.82) is 0 Å². The summed E-state index contributed by atoms with van der Waals surface area (Å²) in [5, 5.41) is 12.5. The van der Waals surface area contributed by atoms with E-state index in [2.05, 4.69) is 0 Å². The van der Waals surface area contributed by atoms with Crippen LogP contribution >= 0.6 is 11.8 Å². The average molecular weight is 583 g/mol. The van der Waals surface area contributed by atoms with Crippen molar-refractivity contribution >= 4 is 11.8 Å². The number of rotatable bonds is 12. The summed E-state index contributed by atoms with van der Waals surface area (Å²) >= 11 is 1.39. The van der Waals surface area contributed by atoms with Crippen molar-refractivity contribution in [3.63, 3.8) is 0 Å². The van der Waals surface area contributed by atoms with E-state index in [1.165, 1.54) is 23.9 Å². The Balaban J connectivity index is 0.00000387. The van der Waals surface area contributed by atoms with Crippen LogP contribution in [0.25, 0.3) is 0 Å². The topological polar surface area (TPSA) is 60.0 Å². The molecule has 4 aromatic rings. The Hall–Kier alpha value is -2.04. The molecule has 0 amide bonds. The van der Waals surface area contributed by atoms with Crippen LogP contribution in [0.4, 0.5) is 4.39 Å². The van der Waals surface area contributed by atoms with Gasteiger partial charge in [0.05, 0.1) is 25.9 Å². The number of thioether (sulfide) groups is 1. The second-order valence-electron chi connectivity index (χ2n) is 9.57. The Morgan fingerprint density at radius 3 is 1.51 bits per heavy atom. The van der Waals surface area contributed by atoms with E-state index in [4.69, 9.17) is 18.9 Å². The van der Waals surface area contributed by atoms with Crippen molar-refractivity contribution in [2.24, 2.45) is 0 Å². The first-order valence-electron chi connectivity index (χ1n) is 13.3.